The molecule has 0 saturated carbocycles. The zero-order valence-electron chi connectivity index (χ0n) is 14.1. The summed E-state index contributed by atoms with van der Waals surface area (Å²) in [5.41, 5.74) is 1.74. The van der Waals surface area contributed by atoms with Crippen LogP contribution < -0.4 is 28.5 Å². The molecule has 6 nitrogen and oxygen atoms in total. The van der Waals surface area contributed by atoms with E-state index in [1.165, 1.54) is 13.8 Å². The van der Waals surface area contributed by atoms with Crippen molar-refractivity contribution >= 4 is 46.2 Å². The van der Waals surface area contributed by atoms with Gasteiger partial charge >= 0.3 is 11.9 Å². The molecule has 0 saturated heterocycles. The molecule has 0 amide bonds. The fourth-order valence-corrected chi connectivity index (χ4v) is 2.89. The molecule has 0 unspecified atom stereocenters. The molecule has 1 heterocycles. The van der Waals surface area contributed by atoms with E-state index in [9.17, 15) is 9.59 Å². The molecule has 2 rings (SSSR count). The van der Waals surface area contributed by atoms with Gasteiger partial charge in [0.25, 0.3) is 5.82 Å². The van der Waals surface area contributed by atoms with Crippen molar-refractivity contribution < 1.29 is 47.6 Å². The minimum atomic E-state index is -0.326. The zero-order valence-corrected chi connectivity index (χ0v) is 17.8. The third-order valence-electron chi connectivity index (χ3n) is 3.62. The monoisotopic (exact) mass is 500 g/mol. The Morgan fingerprint density at radius 1 is 1.08 bits per heavy atom. The minimum Gasteiger partial charge on any atom is -1.00 e. The van der Waals surface area contributed by atoms with E-state index in [2.05, 4.69) is 0 Å². The molecule has 0 fully saturated rings. The number of esters is 2. The summed E-state index contributed by atoms with van der Waals surface area (Å²) >= 11 is 12.3. The summed E-state index contributed by atoms with van der Waals surface area (Å²) in [5, 5.41) is 0.894. The van der Waals surface area contributed by atoms with Gasteiger partial charge in [0.15, 0.2) is 11.0 Å². The molecule has 1 aromatic carbocycles. The summed E-state index contributed by atoms with van der Waals surface area (Å²) < 4.78 is 14.0. The highest BCUT2D eigenvalue weighted by molar-refractivity contribution is 6.42. The molecule has 2 aromatic rings. The van der Waals surface area contributed by atoms with Crippen LogP contribution in [0, 0.1) is 6.92 Å². The number of benzene rings is 1. The van der Waals surface area contributed by atoms with Crippen molar-refractivity contribution in [1.82, 2.24) is 4.57 Å². The van der Waals surface area contributed by atoms with E-state index in [1.807, 2.05) is 16.1 Å². The van der Waals surface area contributed by atoms with Crippen LogP contribution in [-0.2, 0) is 32.2 Å². The molecule has 0 aliphatic rings. The summed E-state index contributed by atoms with van der Waals surface area (Å²) in [4.78, 5) is 21.9. The van der Waals surface area contributed by atoms with Crippen molar-refractivity contribution in [2.75, 3.05) is 13.2 Å². The highest BCUT2D eigenvalue weighted by Crippen LogP contribution is 2.27. The van der Waals surface area contributed by atoms with E-state index < -0.39 is 0 Å². The van der Waals surface area contributed by atoms with E-state index in [4.69, 9.17) is 32.7 Å². The average Bonchev–Trinajstić information content (AvgIpc) is 2.72. The van der Waals surface area contributed by atoms with Crippen molar-refractivity contribution in [3.8, 4) is 0 Å². The lowest BCUT2D eigenvalue weighted by Gasteiger charge is -2.03. The number of fused-ring (bicyclic) bond motifs is 1. The van der Waals surface area contributed by atoms with Crippen LogP contribution >= 0.6 is 23.2 Å². The van der Waals surface area contributed by atoms with Gasteiger partial charge in [-0.25, -0.2) is 9.13 Å². The Morgan fingerprint density at radius 2 is 1.64 bits per heavy atom. The molecule has 25 heavy (non-hydrogen) atoms. The predicted octanol–water partition coefficient (Wildman–Crippen LogP) is -0.326. The number of ether oxygens (including phenoxy) is 2. The number of nitrogens with zero attached hydrogens (tertiary/aromatic N) is 2. The number of rotatable bonds is 6. The standard InChI is InChI=1S/C16H19Cl2N2O4.HI/c1-10-19(4-6-23-11(2)21)15-8-13(17)14(18)9-16(15)20(10)5-7-24-12(3)22;/h8-9H,4-7H2,1-3H3;1H/q+1;/p-1. The molecular weight excluding hydrogens is 482 g/mol. The predicted molar refractivity (Wildman–Crippen MR) is 90.2 cm³/mol. The van der Waals surface area contributed by atoms with Crippen LogP contribution in [0.1, 0.15) is 19.7 Å². The maximum atomic E-state index is 11.0. The Bertz CT molecular complexity index is 729. The molecule has 0 atom stereocenters. The lowest BCUT2D eigenvalue weighted by Crippen LogP contribution is -3.00. The lowest BCUT2D eigenvalue weighted by molar-refractivity contribution is -0.679. The van der Waals surface area contributed by atoms with Crippen LogP contribution in [-0.4, -0.2) is 29.7 Å². The quantitative estimate of drug-likeness (QED) is 0.310. The van der Waals surface area contributed by atoms with Gasteiger partial charge in [-0.2, -0.15) is 0 Å². The Balaban J connectivity index is 0.00000312. The molecule has 0 N–H and O–H groups in total. The number of hydrogen-bond acceptors (Lipinski definition) is 4. The Labute approximate surface area is 173 Å². The van der Waals surface area contributed by atoms with Gasteiger partial charge < -0.3 is 33.5 Å². The minimum absolute atomic E-state index is 0. The zero-order chi connectivity index (χ0) is 17.9. The van der Waals surface area contributed by atoms with Gasteiger partial charge in [0.2, 0.25) is 0 Å². The van der Waals surface area contributed by atoms with Gasteiger partial charge in [0.05, 0.1) is 10.0 Å². The first kappa shape index (κ1) is 22.0. The molecule has 0 aliphatic carbocycles. The molecule has 0 bridgehead atoms. The van der Waals surface area contributed by atoms with E-state index in [0.717, 1.165) is 16.9 Å². The van der Waals surface area contributed by atoms with Crippen LogP contribution in [0.5, 0.6) is 0 Å². The van der Waals surface area contributed by atoms with Gasteiger partial charge in [-0.1, -0.05) is 23.2 Å². The van der Waals surface area contributed by atoms with Crippen LogP contribution in [0.25, 0.3) is 11.0 Å². The second kappa shape index (κ2) is 9.59. The number of hydrogen-bond donors (Lipinski definition) is 0. The molecule has 0 aliphatic heterocycles. The topological polar surface area (TPSA) is 61.4 Å². The first-order valence-corrected chi connectivity index (χ1v) is 8.21. The van der Waals surface area contributed by atoms with Crippen LogP contribution in [0.3, 0.4) is 0 Å². The SMILES string of the molecule is CC(=O)OCCn1c(C)[n+](CCOC(C)=O)c2cc(Cl)c(Cl)cc21.[I-]. The highest BCUT2D eigenvalue weighted by atomic mass is 127. The van der Waals surface area contributed by atoms with Crippen molar-refractivity contribution in [1.29, 1.82) is 0 Å². The Kier molecular flexibility index (Phi) is 8.43. The molecule has 138 valence electrons. The lowest BCUT2D eigenvalue weighted by atomic mass is 10.3. The normalized spacial score (nSPS) is 10.4. The second-order valence-electron chi connectivity index (χ2n) is 5.29. The number of aromatic nitrogens is 2. The van der Waals surface area contributed by atoms with Crippen LogP contribution in [0.15, 0.2) is 12.1 Å². The Morgan fingerprint density at radius 3 is 2.24 bits per heavy atom. The van der Waals surface area contributed by atoms with Crippen LogP contribution in [0.2, 0.25) is 10.0 Å². The van der Waals surface area contributed by atoms with E-state index >= 15 is 0 Å². The fraction of sp³-hybridized carbons (Fsp3) is 0.438. The maximum Gasteiger partial charge on any atom is 0.302 e. The van der Waals surface area contributed by atoms with Crippen molar-refractivity contribution in [2.45, 2.75) is 33.9 Å². The summed E-state index contributed by atoms with van der Waals surface area (Å²) in [6.07, 6.45) is 0. The summed E-state index contributed by atoms with van der Waals surface area (Å²) in [6, 6.07) is 3.56. The number of carbonyl (C=O) groups is 2. The average molecular weight is 501 g/mol. The van der Waals surface area contributed by atoms with Gasteiger partial charge in [0.1, 0.15) is 26.3 Å². The van der Waals surface area contributed by atoms with Gasteiger partial charge in [-0.15, -0.1) is 0 Å². The molecular formula is C16H19Cl2IN2O4. The van der Waals surface area contributed by atoms with Gasteiger partial charge in [0, 0.05) is 32.9 Å². The summed E-state index contributed by atoms with van der Waals surface area (Å²) in [7, 11) is 0. The third-order valence-corrected chi connectivity index (χ3v) is 4.34. The van der Waals surface area contributed by atoms with Crippen LogP contribution in [0.4, 0.5) is 0 Å². The first-order valence-electron chi connectivity index (χ1n) is 7.45. The first-order chi connectivity index (χ1) is 11.3. The highest BCUT2D eigenvalue weighted by Gasteiger charge is 2.23. The van der Waals surface area contributed by atoms with Crippen molar-refractivity contribution in [3.63, 3.8) is 0 Å². The smallest absolute Gasteiger partial charge is 0.302 e. The van der Waals surface area contributed by atoms with Gasteiger partial charge in [-0.3, -0.25) is 9.59 Å². The fourth-order valence-electron chi connectivity index (χ4n) is 2.58. The summed E-state index contributed by atoms with van der Waals surface area (Å²) in [6.45, 7) is 6.16. The number of carbonyl (C=O) groups excluding carboxylic acids is 2. The molecule has 0 radical (unpaired) electrons. The van der Waals surface area contributed by atoms with Crippen molar-refractivity contribution in [2.24, 2.45) is 0 Å². The molecule has 9 heteroatoms. The van der Waals surface area contributed by atoms with E-state index in [-0.39, 0.29) is 49.1 Å². The van der Waals surface area contributed by atoms with Crippen molar-refractivity contribution in [3.05, 3.63) is 28.0 Å². The largest absolute Gasteiger partial charge is 1.00 e. The third kappa shape index (κ3) is 5.46. The van der Waals surface area contributed by atoms with E-state index in [1.54, 1.807) is 12.1 Å². The Hall–Kier alpha value is -1.06. The molecule has 1 aromatic heterocycles. The number of imidazole rings is 1. The maximum absolute atomic E-state index is 11.0. The summed E-state index contributed by atoms with van der Waals surface area (Å²) in [5.74, 6) is 0.267. The number of halogens is 3. The molecule has 0 spiro atoms. The second-order valence-corrected chi connectivity index (χ2v) is 6.10. The van der Waals surface area contributed by atoms with E-state index in [0.29, 0.717) is 23.1 Å². The van der Waals surface area contributed by atoms with Gasteiger partial charge in [-0.05, 0) is 0 Å².